The maximum Gasteiger partial charge on any atom is 0.434 e. The molecule has 0 spiro atoms. The van der Waals surface area contributed by atoms with Crippen LogP contribution in [0.1, 0.15) is 17.2 Å². The average molecular weight is 572 g/mol. The molecule has 0 radical (unpaired) electrons. The van der Waals surface area contributed by atoms with Crippen LogP contribution in [0.2, 0.25) is 0 Å². The summed E-state index contributed by atoms with van der Waals surface area (Å²) in [5, 5.41) is 13.5. The van der Waals surface area contributed by atoms with Crippen LogP contribution in [0.15, 0.2) is 100 Å². The van der Waals surface area contributed by atoms with Crippen molar-refractivity contribution >= 4 is 42.9 Å². The molecule has 0 aliphatic rings. The van der Waals surface area contributed by atoms with Gasteiger partial charge in [-0.1, -0.05) is 54.6 Å². The number of para-hydroxylation sites is 1. The molecule has 2 aromatic heterocycles. The minimum absolute atomic E-state index is 0.0966. The summed E-state index contributed by atoms with van der Waals surface area (Å²) < 4.78 is 36.1. The van der Waals surface area contributed by atoms with Crippen molar-refractivity contribution < 1.29 is 22.7 Å². The number of benzene rings is 4. The van der Waals surface area contributed by atoms with Crippen LogP contribution >= 0.6 is 0 Å². The number of aromatic nitrogens is 2. The molecule has 4 aromatic carbocycles. The molecule has 0 aliphatic carbocycles. The van der Waals surface area contributed by atoms with Gasteiger partial charge < -0.3 is 19.2 Å². The summed E-state index contributed by atoms with van der Waals surface area (Å²) in [7, 11) is -3.88. The Bertz CT molecular complexity index is 2010. The summed E-state index contributed by atoms with van der Waals surface area (Å²) in [5.41, 5.74) is 3.86. The highest BCUT2D eigenvalue weighted by Gasteiger charge is 2.21. The zero-order chi connectivity index (χ0) is 28.6. The Morgan fingerprint density at radius 1 is 0.951 bits per heavy atom. The third kappa shape index (κ3) is 5.62. The van der Waals surface area contributed by atoms with Crippen molar-refractivity contribution in [2.24, 2.45) is 0 Å². The van der Waals surface area contributed by atoms with Gasteiger partial charge in [-0.2, -0.15) is 3.97 Å². The van der Waals surface area contributed by atoms with Crippen molar-refractivity contribution in [2.45, 2.75) is 12.6 Å². The maximum absolute atomic E-state index is 12.2. The van der Waals surface area contributed by atoms with Gasteiger partial charge in [0.1, 0.15) is 17.9 Å². The normalized spacial score (nSPS) is 13.0. The van der Waals surface area contributed by atoms with E-state index < -0.39 is 21.9 Å². The first kappa shape index (κ1) is 26.8. The van der Waals surface area contributed by atoms with Crippen LogP contribution in [0.5, 0.6) is 5.75 Å². The van der Waals surface area contributed by atoms with E-state index in [9.17, 15) is 18.3 Å². The van der Waals surface area contributed by atoms with E-state index in [0.717, 1.165) is 34.0 Å². The Morgan fingerprint density at radius 2 is 1.71 bits per heavy atom. The number of H-pyrrole nitrogens is 1. The van der Waals surface area contributed by atoms with Crippen LogP contribution in [0.4, 0.5) is 0 Å². The molecular weight excluding hydrogens is 542 g/mol. The number of ether oxygens (including phenoxy) is 1. The number of hydrogen-bond donors (Lipinski definition) is 2. The van der Waals surface area contributed by atoms with Crippen LogP contribution in [0, 0.1) is 0 Å². The van der Waals surface area contributed by atoms with Crippen molar-refractivity contribution in [1.82, 2.24) is 13.9 Å². The molecular formula is C31H29N3O6S. The van der Waals surface area contributed by atoms with Crippen molar-refractivity contribution in [3.8, 4) is 5.75 Å². The summed E-state index contributed by atoms with van der Waals surface area (Å²) >= 11 is 0. The van der Waals surface area contributed by atoms with Gasteiger partial charge in [0.2, 0.25) is 10.0 Å². The summed E-state index contributed by atoms with van der Waals surface area (Å²) in [4.78, 5) is 17.6. The zero-order valence-electron chi connectivity index (χ0n) is 22.4. The average Bonchev–Trinajstić information content (AvgIpc) is 3.49. The maximum atomic E-state index is 12.2. The molecule has 41 heavy (non-hydrogen) atoms. The SMILES string of the molecule is CS(=O)(=O)n1c(=O)oc2ccc(C(O)CN(CCOc3ccc4c(c3)[nH]c3ccccc34)Cc3ccccc3)cc21. The molecule has 210 valence electrons. The fraction of sp³-hybridized carbons (Fsp3) is 0.194. The van der Waals surface area contributed by atoms with Crippen molar-refractivity contribution in [3.63, 3.8) is 0 Å². The lowest BCUT2D eigenvalue weighted by Gasteiger charge is -2.25. The van der Waals surface area contributed by atoms with Gasteiger partial charge in [-0.05, 0) is 41.5 Å². The Kier molecular flexibility index (Phi) is 7.12. The van der Waals surface area contributed by atoms with Crippen LogP contribution in [0.25, 0.3) is 32.9 Å². The predicted molar refractivity (Wildman–Crippen MR) is 159 cm³/mol. The van der Waals surface area contributed by atoms with E-state index in [2.05, 4.69) is 22.0 Å². The molecule has 2 heterocycles. The smallest absolute Gasteiger partial charge is 0.434 e. The first-order valence-electron chi connectivity index (χ1n) is 13.2. The Hall–Kier alpha value is -4.38. The van der Waals surface area contributed by atoms with Gasteiger partial charge in [0.15, 0.2) is 5.58 Å². The first-order chi connectivity index (χ1) is 19.8. The summed E-state index contributed by atoms with van der Waals surface area (Å²) in [5.74, 6) is -0.240. The van der Waals surface area contributed by atoms with Gasteiger partial charge in [-0.15, -0.1) is 0 Å². The van der Waals surface area contributed by atoms with Gasteiger partial charge in [-0.25, -0.2) is 13.2 Å². The molecule has 1 unspecified atom stereocenters. The second-order valence-corrected chi connectivity index (χ2v) is 11.9. The highest BCUT2D eigenvalue weighted by Crippen LogP contribution is 2.28. The Labute approximate surface area is 236 Å². The molecule has 0 saturated heterocycles. The number of oxazole rings is 1. The largest absolute Gasteiger partial charge is 0.492 e. The number of aliphatic hydroxyl groups excluding tert-OH is 1. The van der Waals surface area contributed by atoms with Crippen molar-refractivity contribution in [1.29, 1.82) is 0 Å². The van der Waals surface area contributed by atoms with E-state index in [1.54, 1.807) is 6.07 Å². The van der Waals surface area contributed by atoms with E-state index in [4.69, 9.17) is 9.15 Å². The second kappa shape index (κ2) is 10.9. The van der Waals surface area contributed by atoms with Crippen LogP contribution < -0.4 is 10.5 Å². The summed E-state index contributed by atoms with van der Waals surface area (Å²) in [6.45, 7) is 1.74. The molecule has 0 bridgehead atoms. The Morgan fingerprint density at radius 3 is 2.51 bits per heavy atom. The number of aliphatic hydroxyl groups is 1. The first-order valence-corrected chi connectivity index (χ1v) is 15.0. The molecule has 0 saturated carbocycles. The summed E-state index contributed by atoms with van der Waals surface area (Å²) in [6, 6.07) is 28.7. The van der Waals surface area contributed by atoms with Crippen molar-refractivity contribution in [2.75, 3.05) is 26.0 Å². The van der Waals surface area contributed by atoms with E-state index in [1.165, 1.54) is 17.5 Å². The minimum Gasteiger partial charge on any atom is -0.492 e. The van der Waals surface area contributed by atoms with E-state index >= 15 is 0 Å². The minimum atomic E-state index is -3.88. The van der Waals surface area contributed by atoms with Crippen LogP contribution in [-0.2, 0) is 16.6 Å². The number of rotatable bonds is 10. The van der Waals surface area contributed by atoms with Crippen LogP contribution in [0.3, 0.4) is 0 Å². The third-order valence-electron chi connectivity index (χ3n) is 7.12. The van der Waals surface area contributed by atoms with Gasteiger partial charge in [-0.3, -0.25) is 4.90 Å². The lowest BCUT2D eigenvalue weighted by molar-refractivity contribution is 0.0987. The van der Waals surface area contributed by atoms with Crippen molar-refractivity contribution in [3.05, 3.63) is 113 Å². The monoisotopic (exact) mass is 571 g/mol. The molecule has 6 rings (SSSR count). The third-order valence-corrected chi connectivity index (χ3v) is 8.12. The lowest BCUT2D eigenvalue weighted by Crippen LogP contribution is -2.32. The van der Waals surface area contributed by atoms with E-state index in [0.29, 0.717) is 29.2 Å². The quantitative estimate of drug-likeness (QED) is 0.246. The van der Waals surface area contributed by atoms with Gasteiger partial charge >= 0.3 is 5.76 Å². The number of aromatic amines is 1. The topological polar surface area (TPSA) is 118 Å². The Balaban J connectivity index is 1.20. The molecule has 10 heteroatoms. The van der Waals surface area contributed by atoms with Crippen LogP contribution in [-0.4, -0.2) is 53.3 Å². The zero-order valence-corrected chi connectivity index (χ0v) is 23.2. The molecule has 9 nitrogen and oxygen atoms in total. The standard InChI is InChI=1S/C31H29N3O6S/c1-41(37,38)34-28-17-22(11-14-30(28)40-31(34)36)29(35)20-33(19-21-7-3-2-4-8-21)15-16-39-23-12-13-25-24-9-5-6-10-26(24)32-27(25)18-23/h2-14,17-18,29,32,35H,15-16,19-20H2,1H3. The lowest BCUT2D eigenvalue weighted by atomic mass is 10.1. The molecule has 0 fully saturated rings. The number of fused-ring (bicyclic) bond motifs is 4. The molecule has 1 atom stereocenters. The second-order valence-electron chi connectivity index (χ2n) is 10.1. The molecule has 6 aromatic rings. The van der Waals surface area contributed by atoms with Gasteiger partial charge in [0.25, 0.3) is 0 Å². The van der Waals surface area contributed by atoms with Gasteiger partial charge in [0.05, 0.1) is 17.9 Å². The molecule has 0 amide bonds. The fourth-order valence-electron chi connectivity index (χ4n) is 5.18. The van der Waals surface area contributed by atoms with Gasteiger partial charge in [0, 0.05) is 42.0 Å². The number of nitrogens with zero attached hydrogens (tertiary/aromatic N) is 2. The van der Waals surface area contributed by atoms with E-state index in [-0.39, 0.29) is 17.6 Å². The van der Waals surface area contributed by atoms with E-state index in [1.807, 2.05) is 60.7 Å². The number of nitrogens with one attached hydrogen (secondary N) is 1. The molecule has 0 aliphatic heterocycles. The number of hydrogen-bond acceptors (Lipinski definition) is 7. The predicted octanol–water partition coefficient (Wildman–Crippen LogP) is 4.65. The highest BCUT2D eigenvalue weighted by atomic mass is 32.2. The fourth-order valence-corrected chi connectivity index (χ4v) is 5.99. The highest BCUT2D eigenvalue weighted by molar-refractivity contribution is 7.89. The summed E-state index contributed by atoms with van der Waals surface area (Å²) in [6.07, 6.45) is -0.0203. The molecule has 2 N–H and O–H groups in total.